The van der Waals surface area contributed by atoms with Crippen LogP contribution < -0.4 is 0 Å². The molecule has 0 rings (SSSR count). The summed E-state index contributed by atoms with van der Waals surface area (Å²) in [6.45, 7) is 6.33. The lowest BCUT2D eigenvalue weighted by molar-refractivity contribution is -0.167. The van der Waals surface area contributed by atoms with E-state index in [2.05, 4.69) is 93.7 Å². The molecule has 1 unspecified atom stereocenters. The zero-order valence-corrected chi connectivity index (χ0v) is 37.1. The second-order valence-corrected chi connectivity index (χ2v) is 15.3. The molecule has 0 saturated heterocycles. The molecule has 0 amide bonds. The minimum absolute atomic E-state index is 0.0972. The van der Waals surface area contributed by atoms with Gasteiger partial charge in [-0.15, -0.1) is 0 Å². The smallest absolute Gasteiger partial charge is 0.306 e. The largest absolute Gasteiger partial charge is 0.462 e. The molecule has 0 aromatic carbocycles. The lowest BCUT2D eigenvalue weighted by atomic mass is 10.0. The highest BCUT2D eigenvalue weighted by atomic mass is 16.6. The van der Waals surface area contributed by atoms with Gasteiger partial charge in [0.2, 0.25) is 0 Å². The third-order valence-corrected chi connectivity index (χ3v) is 9.71. The Morgan fingerprint density at radius 3 is 1.14 bits per heavy atom. The van der Waals surface area contributed by atoms with E-state index in [1.807, 2.05) is 0 Å². The van der Waals surface area contributed by atoms with Gasteiger partial charge >= 0.3 is 17.9 Å². The highest BCUT2D eigenvalue weighted by Crippen LogP contribution is 2.14. The fraction of sp³-hybridized carbons (Fsp3) is 0.706. The predicted molar refractivity (Wildman–Crippen MR) is 242 cm³/mol. The lowest BCUT2D eigenvalue weighted by Gasteiger charge is -2.18. The number of carbonyl (C=O) groups excluding carboxylic acids is 3. The van der Waals surface area contributed by atoms with E-state index in [-0.39, 0.29) is 37.5 Å². The van der Waals surface area contributed by atoms with Gasteiger partial charge in [0.25, 0.3) is 0 Å². The minimum atomic E-state index is -0.797. The number of allylic oxidation sites excluding steroid dienone is 12. The summed E-state index contributed by atoms with van der Waals surface area (Å²) in [5, 5.41) is 0. The molecular formula is C51H86O6. The molecule has 0 aliphatic carbocycles. The Morgan fingerprint density at radius 2 is 0.702 bits per heavy atom. The Morgan fingerprint density at radius 1 is 0.368 bits per heavy atom. The maximum absolute atomic E-state index is 12.7. The number of esters is 3. The van der Waals surface area contributed by atoms with Crippen molar-refractivity contribution in [2.45, 2.75) is 219 Å². The van der Waals surface area contributed by atoms with Crippen molar-refractivity contribution in [2.24, 2.45) is 0 Å². The second kappa shape index (κ2) is 45.6. The summed E-state index contributed by atoms with van der Waals surface area (Å²) >= 11 is 0. The molecule has 6 nitrogen and oxygen atoms in total. The van der Waals surface area contributed by atoms with Crippen LogP contribution >= 0.6 is 0 Å². The number of ether oxygens (including phenoxy) is 3. The monoisotopic (exact) mass is 795 g/mol. The van der Waals surface area contributed by atoms with E-state index >= 15 is 0 Å². The third kappa shape index (κ3) is 43.8. The number of rotatable bonds is 41. The summed E-state index contributed by atoms with van der Waals surface area (Å²) in [5.41, 5.74) is 0. The van der Waals surface area contributed by atoms with Crippen LogP contribution in [0.15, 0.2) is 72.9 Å². The van der Waals surface area contributed by atoms with E-state index in [1.165, 1.54) is 77.0 Å². The lowest BCUT2D eigenvalue weighted by Crippen LogP contribution is -2.30. The highest BCUT2D eigenvalue weighted by molar-refractivity contribution is 5.71. The van der Waals surface area contributed by atoms with Gasteiger partial charge in [0, 0.05) is 19.3 Å². The maximum atomic E-state index is 12.7. The van der Waals surface area contributed by atoms with Gasteiger partial charge in [0.15, 0.2) is 6.10 Å². The van der Waals surface area contributed by atoms with Crippen molar-refractivity contribution in [1.82, 2.24) is 0 Å². The molecule has 0 heterocycles. The first-order valence-corrected chi connectivity index (χ1v) is 23.4. The Hall–Kier alpha value is -3.15. The first-order valence-electron chi connectivity index (χ1n) is 23.4. The number of hydrogen-bond donors (Lipinski definition) is 0. The van der Waals surface area contributed by atoms with Crippen molar-refractivity contribution in [1.29, 1.82) is 0 Å². The quantitative estimate of drug-likeness (QED) is 0.0265. The van der Waals surface area contributed by atoms with Gasteiger partial charge in [0.05, 0.1) is 0 Å². The van der Waals surface area contributed by atoms with Crippen LogP contribution in [0, 0.1) is 0 Å². The van der Waals surface area contributed by atoms with Crippen LogP contribution in [0.25, 0.3) is 0 Å². The van der Waals surface area contributed by atoms with Crippen molar-refractivity contribution in [3.8, 4) is 0 Å². The predicted octanol–water partition coefficient (Wildman–Crippen LogP) is 15.1. The molecule has 0 spiro atoms. The number of unbranched alkanes of at least 4 members (excludes halogenated alkanes) is 18. The summed E-state index contributed by atoms with van der Waals surface area (Å²) in [5.74, 6) is -0.968. The number of hydrogen-bond acceptors (Lipinski definition) is 6. The van der Waals surface area contributed by atoms with Crippen molar-refractivity contribution in [3.63, 3.8) is 0 Å². The fourth-order valence-corrected chi connectivity index (χ4v) is 6.24. The Kier molecular flexibility index (Phi) is 43.0. The summed E-state index contributed by atoms with van der Waals surface area (Å²) in [6.07, 6.45) is 56.1. The molecule has 0 bridgehead atoms. The third-order valence-electron chi connectivity index (χ3n) is 9.71. The van der Waals surface area contributed by atoms with Crippen molar-refractivity contribution in [3.05, 3.63) is 72.9 Å². The Labute approximate surface area is 351 Å². The molecule has 0 aliphatic heterocycles. The molecule has 57 heavy (non-hydrogen) atoms. The summed E-state index contributed by atoms with van der Waals surface area (Å²) in [7, 11) is 0. The van der Waals surface area contributed by atoms with Crippen LogP contribution in [-0.2, 0) is 28.6 Å². The zero-order chi connectivity index (χ0) is 41.5. The van der Waals surface area contributed by atoms with Crippen molar-refractivity contribution < 1.29 is 28.6 Å². The average molecular weight is 795 g/mol. The van der Waals surface area contributed by atoms with Crippen LogP contribution in [-0.4, -0.2) is 37.2 Å². The van der Waals surface area contributed by atoms with Crippen LogP contribution in [0.3, 0.4) is 0 Å². The summed E-state index contributed by atoms with van der Waals surface area (Å²) in [4.78, 5) is 37.8. The van der Waals surface area contributed by atoms with Gasteiger partial charge in [-0.25, -0.2) is 0 Å². The Balaban J connectivity index is 4.43. The number of carbonyl (C=O) groups is 3. The van der Waals surface area contributed by atoms with Crippen molar-refractivity contribution in [2.75, 3.05) is 13.2 Å². The van der Waals surface area contributed by atoms with Crippen LogP contribution in [0.5, 0.6) is 0 Å². The van der Waals surface area contributed by atoms with Crippen molar-refractivity contribution >= 4 is 17.9 Å². The molecule has 0 aliphatic rings. The van der Waals surface area contributed by atoms with E-state index < -0.39 is 6.10 Å². The van der Waals surface area contributed by atoms with E-state index in [0.717, 1.165) is 89.9 Å². The molecule has 0 fully saturated rings. The SMILES string of the molecule is CC/C=C\C/C=C\C/C=C\CCCCCCCCC(=O)OCC(COC(=O)CCC/C=C\C/C=C\C/C=C\CC)OC(=O)CCCCCCCCCCCCCC. The van der Waals surface area contributed by atoms with Gasteiger partial charge in [-0.3, -0.25) is 14.4 Å². The van der Waals surface area contributed by atoms with Crippen LogP contribution in [0.4, 0.5) is 0 Å². The van der Waals surface area contributed by atoms with E-state index in [4.69, 9.17) is 14.2 Å². The molecule has 0 radical (unpaired) electrons. The average Bonchev–Trinajstić information content (AvgIpc) is 3.21. The second-order valence-electron chi connectivity index (χ2n) is 15.3. The van der Waals surface area contributed by atoms with E-state index in [1.54, 1.807) is 0 Å². The maximum Gasteiger partial charge on any atom is 0.306 e. The van der Waals surface area contributed by atoms with E-state index in [0.29, 0.717) is 19.3 Å². The molecule has 0 aromatic heterocycles. The molecule has 326 valence electrons. The molecule has 6 heteroatoms. The molecule has 0 N–H and O–H groups in total. The molecule has 0 saturated carbocycles. The molecule has 1 atom stereocenters. The first kappa shape index (κ1) is 53.9. The fourth-order valence-electron chi connectivity index (χ4n) is 6.24. The van der Waals surface area contributed by atoms with Gasteiger partial charge < -0.3 is 14.2 Å². The standard InChI is InChI=1S/C51H86O6/c1-4-7-10-13-16-19-22-24-25-26-27-30-32-35-38-41-44-50(53)56-47-48(46-55-49(52)43-40-37-34-31-28-21-18-15-12-9-6-3)57-51(54)45-42-39-36-33-29-23-20-17-14-11-8-5-2/h7,9-10,12,16,18-19,21,24-25,31,34,48H,4-6,8,11,13-15,17,20,22-23,26-30,32-33,35-47H2,1-3H3/b10-7-,12-9-,19-16-,21-18-,25-24-,34-31-. The van der Waals surface area contributed by atoms with Gasteiger partial charge in [-0.2, -0.15) is 0 Å². The Bertz CT molecular complexity index is 1100. The van der Waals surface area contributed by atoms with Gasteiger partial charge in [0.1, 0.15) is 13.2 Å². The van der Waals surface area contributed by atoms with Crippen LogP contribution in [0.1, 0.15) is 213 Å². The normalized spacial score (nSPS) is 12.7. The minimum Gasteiger partial charge on any atom is -0.462 e. The van der Waals surface area contributed by atoms with E-state index in [9.17, 15) is 14.4 Å². The topological polar surface area (TPSA) is 78.9 Å². The summed E-state index contributed by atoms with van der Waals surface area (Å²) in [6, 6.07) is 0. The van der Waals surface area contributed by atoms with Gasteiger partial charge in [-0.1, -0.05) is 190 Å². The highest BCUT2D eigenvalue weighted by Gasteiger charge is 2.19. The zero-order valence-electron chi connectivity index (χ0n) is 37.1. The first-order chi connectivity index (χ1) is 28.0. The summed E-state index contributed by atoms with van der Waals surface area (Å²) < 4.78 is 16.7. The molecular weight excluding hydrogens is 709 g/mol. The van der Waals surface area contributed by atoms with Crippen LogP contribution in [0.2, 0.25) is 0 Å². The molecule has 0 aromatic rings. The van der Waals surface area contributed by atoms with Gasteiger partial charge in [-0.05, 0) is 77.0 Å².